The number of carbonyl (C=O) groups is 1. The van der Waals surface area contributed by atoms with E-state index in [2.05, 4.69) is 20.1 Å². The van der Waals surface area contributed by atoms with Gasteiger partial charge in [-0.1, -0.05) is 0 Å². The number of piperidine rings is 1. The van der Waals surface area contributed by atoms with E-state index in [0.29, 0.717) is 17.9 Å². The van der Waals surface area contributed by atoms with Gasteiger partial charge in [-0.15, -0.1) is 0 Å². The van der Waals surface area contributed by atoms with Gasteiger partial charge < -0.3 is 9.88 Å². The zero-order valence-electron chi connectivity index (χ0n) is 14.1. The Morgan fingerprint density at radius 1 is 1.28 bits per heavy atom. The number of hydrogen-bond donors (Lipinski definition) is 1. The number of carbonyl (C=O) groups excluding carboxylic acids is 1. The summed E-state index contributed by atoms with van der Waals surface area (Å²) < 4.78 is 1.67. The fourth-order valence-corrected chi connectivity index (χ4v) is 3.26. The number of aromatic nitrogens is 5. The van der Waals surface area contributed by atoms with Crippen LogP contribution in [0.4, 0.5) is 0 Å². The molecule has 0 unspecified atom stereocenters. The molecule has 1 aliphatic rings. The first-order valence-corrected chi connectivity index (χ1v) is 8.47. The van der Waals surface area contributed by atoms with Crippen molar-refractivity contribution in [2.45, 2.75) is 25.7 Å². The number of amides is 1. The first-order chi connectivity index (χ1) is 12.2. The molecule has 1 atom stereocenters. The molecule has 7 heteroatoms. The summed E-state index contributed by atoms with van der Waals surface area (Å²) >= 11 is 0. The zero-order chi connectivity index (χ0) is 17.2. The van der Waals surface area contributed by atoms with Crippen LogP contribution in [0.15, 0.2) is 43.0 Å². The second-order valence-electron chi connectivity index (χ2n) is 6.40. The van der Waals surface area contributed by atoms with E-state index in [1.807, 2.05) is 42.4 Å². The number of hydrogen-bond acceptors (Lipinski definition) is 4. The largest absolute Gasteiger partial charge is 0.346 e. The van der Waals surface area contributed by atoms with Crippen molar-refractivity contribution in [2.24, 2.45) is 0 Å². The molecule has 3 aromatic rings. The van der Waals surface area contributed by atoms with Crippen LogP contribution in [0.2, 0.25) is 0 Å². The normalized spacial score (nSPS) is 17.6. The van der Waals surface area contributed by atoms with Crippen molar-refractivity contribution in [2.75, 3.05) is 13.1 Å². The molecule has 4 rings (SSSR count). The Hall–Kier alpha value is -2.96. The van der Waals surface area contributed by atoms with Crippen molar-refractivity contribution >= 4 is 5.91 Å². The van der Waals surface area contributed by atoms with Crippen LogP contribution in [0.3, 0.4) is 0 Å². The monoisotopic (exact) mass is 336 g/mol. The summed E-state index contributed by atoms with van der Waals surface area (Å²) in [5, 5.41) is 4.14. The number of nitrogens with one attached hydrogen (secondary N) is 1. The van der Waals surface area contributed by atoms with Gasteiger partial charge in [0.2, 0.25) is 0 Å². The highest BCUT2D eigenvalue weighted by atomic mass is 16.2. The van der Waals surface area contributed by atoms with E-state index in [0.717, 1.165) is 30.9 Å². The molecule has 1 fully saturated rings. The van der Waals surface area contributed by atoms with Gasteiger partial charge in [0.1, 0.15) is 5.82 Å². The van der Waals surface area contributed by atoms with E-state index in [1.165, 1.54) is 0 Å². The van der Waals surface area contributed by atoms with Crippen LogP contribution in [-0.2, 0) is 0 Å². The highest BCUT2D eigenvalue weighted by Crippen LogP contribution is 2.25. The van der Waals surface area contributed by atoms with Gasteiger partial charge in [0.25, 0.3) is 5.91 Å². The minimum Gasteiger partial charge on any atom is -0.346 e. The summed E-state index contributed by atoms with van der Waals surface area (Å²) in [6.07, 6.45) is 9.02. The van der Waals surface area contributed by atoms with Gasteiger partial charge in [-0.05, 0) is 38.0 Å². The molecule has 1 N–H and O–H groups in total. The molecule has 4 heterocycles. The molecule has 0 saturated carbocycles. The summed E-state index contributed by atoms with van der Waals surface area (Å²) in [4.78, 5) is 26.8. The number of nitrogens with zero attached hydrogens (tertiary/aromatic N) is 5. The summed E-state index contributed by atoms with van der Waals surface area (Å²) in [5.74, 6) is 1.96. The maximum Gasteiger partial charge on any atom is 0.255 e. The number of rotatable bonds is 3. The SMILES string of the molecule is Cc1cnc([C@@H]2CCCN(C(=O)c3ccc(-n4cccn4)nc3)C2)[nH]1. The Morgan fingerprint density at radius 2 is 2.20 bits per heavy atom. The van der Waals surface area contributed by atoms with Gasteiger partial charge in [0, 0.05) is 49.5 Å². The quantitative estimate of drug-likeness (QED) is 0.796. The molecule has 0 aromatic carbocycles. The van der Waals surface area contributed by atoms with E-state index >= 15 is 0 Å². The second kappa shape index (κ2) is 6.51. The predicted molar refractivity (Wildman–Crippen MR) is 92.6 cm³/mol. The molecule has 7 nitrogen and oxygen atoms in total. The van der Waals surface area contributed by atoms with Crippen molar-refractivity contribution in [1.29, 1.82) is 0 Å². The Labute approximate surface area is 145 Å². The molecule has 1 amide bonds. The van der Waals surface area contributed by atoms with Crippen LogP contribution in [-0.4, -0.2) is 48.6 Å². The summed E-state index contributed by atoms with van der Waals surface area (Å²) in [6.45, 7) is 3.46. The topological polar surface area (TPSA) is 79.7 Å². The molecule has 1 aliphatic heterocycles. The number of H-pyrrole nitrogens is 1. The van der Waals surface area contributed by atoms with Crippen molar-refractivity contribution in [3.05, 3.63) is 60.1 Å². The average molecular weight is 336 g/mol. The lowest BCUT2D eigenvalue weighted by Crippen LogP contribution is -2.39. The summed E-state index contributed by atoms with van der Waals surface area (Å²) in [7, 11) is 0. The van der Waals surface area contributed by atoms with Gasteiger partial charge in [-0.25, -0.2) is 14.6 Å². The number of aromatic amines is 1. The first-order valence-electron chi connectivity index (χ1n) is 8.47. The molecule has 1 saturated heterocycles. The lowest BCUT2D eigenvalue weighted by atomic mass is 9.97. The van der Waals surface area contributed by atoms with Gasteiger partial charge in [-0.2, -0.15) is 5.10 Å². The van der Waals surface area contributed by atoms with E-state index in [4.69, 9.17) is 0 Å². The maximum absolute atomic E-state index is 12.8. The number of aryl methyl sites for hydroxylation is 1. The predicted octanol–water partition coefficient (Wildman–Crippen LogP) is 2.32. The molecule has 128 valence electrons. The smallest absolute Gasteiger partial charge is 0.255 e. The van der Waals surface area contributed by atoms with Crippen molar-refractivity contribution in [3.8, 4) is 5.82 Å². The number of pyridine rings is 1. The third-order valence-electron chi connectivity index (χ3n) is 4.55. The Balaban J connectivity index is 1.48. The minimum absolute atomic E-state index is 0.0208. The molecule has 3 aromatic heterocycles. The van der Waals surface area contributed by atoms with E-state index in [9.17, 15) is 4.79 Å². The Kier molecular flexibility index (Phi) is 4.05. The molecular weight excluding hydrogens is 316 g/mol. The molecular formula is C18H20N6O. The molecule has 0 spiro atoms. The Bertz CT molecular complexity index is 852. The standard InChI is InChI=1S/C18H20N6O/c1-13-10-20-17(22-13)15-4-2-8-23(12-15)18(25)14-5-6-16(19-11-14)24-9-3-7-21-24/h3,5-7,9-11,15H,2,4,8,12H2,1H3,(H,20,22)/t15-/m1/s1. The van der Waals surface area contributed by atoms with Gasteiger partial charge >= 0.3 is 0 Å². The van der Waals surface area contributed by atoms with Crippen LogP contribution in [0.5, 0.6) is 0 Å². The highest BCUT2D eigenvalue weighted by Gasteiger charge is 2.27. The van der Waals surface area contributed by atoms with Crippen molar-refractivity contribution in [1.82, 2.24) is 29.6 Å². The molecule has 0 radical (unpaired) electrons. The summed E-state index contributed by atoms with van der Waals surface area (Å²) in [5.41, 5.74) is 1.66. The average Bonchev–Trinajstić information content (AvgIpc) is 3.33. The maximum atomic E-state index is 12.8. The van der Waals surface area contributed by atoms with E-state index < -0.39 is 0 Å². The zero-order valence-corrected chi connectivity index (χ0v) is 14.1. The molecule has 25 heavy (non-hydrogen) atoms. The van der Waals surface area contributed by atoms with Crippen LogP contribution < -0.4 is 0 Å². The minimum atomic E-state index is 0.0208. The van der Waals surface area contributed by atoms with Crippen LogP contribution in [0, 0.1) is 6.92 Å². The van der Waals surface area contributed by atoms with E-state index in [-0.39, 0.29) is 11.8 Å². The number of likely N-dealkylation sites (tertiary alicyclic amines) is 1. The lowest BCUT2D eigenvalue weighted by Gasteiger charge is -2.31. The van der Waals surface area contributed by atoms with Crippen LogP contribution in [0.1, 0.15) is 40.6 Å². The third-order valence-corrected chi connectivity index (χ3v) is 4.55. The summed E-state index contributed by atoms with van der Waals surface area (Å²) in [6, 6.07) is 5.47. The third kappa shape index (κ3) is 3.17. The van der Waals surface area contributed by atoms with Crippen molar-refractivity contribution < 1.29 is 4.79 Å². The van der Waals surface area contributed by atoms with Crippen molar-refractivity contribution in [3.63, 3.8) is 0 Å². The Morgan fingerprint density at radius 3 is 2.88 bits per heavy atom. The molecule has 0 aliphatic carbocycles. The van der Waals surface area contributed by atoms with Crippen LogP contribution >= 0.6 is 0 Å². The van der Waals surface area contributed by atoms with Crippen LogP contribution in [0.25, 0.3) is 5.82 Å². The fraction of sp³-hybridized carbons (Fsp3) is 0.333. The second-order valence-corrected chi connectivity index (χ2v) is 6.40. The fourth-order valence-electron chi connectivity index (χ4n) is 3.26. The van der Waals surface area contributed by atoms with Gasteiger partial charge in [0.15, 0.2) is 5.82 Å². The lowest BCUT2D eigenvalue weighted by molar-refractivity contribution is 0.0704. The highest BCUT2D eigenvalue weighted by molar-refractivity contribution is 5.94. The van der Waals surface area contributed by atoms with Gasteiger partial charge in [-0.3, -0.25) is 4.79 Å². The number of imidazole rings is 1. The van der Waals surface area contributed by atoms with E-state index in [1.54, 1.807) is 17.1 Å². The first kappa shape index (κ1) is 15.6. The molecule has 0 bridgehead atoms. The van der Waals surface area contributed by atoms with Gasteiger partial charge in [0.05, 0.1) is 5.56 Å².